The first-order chi connectivity index (χ1) is 8.65. The Balaban J connectivity index is 2.42. The summed E-state index contributed by atoms with van der Waals surface area (Å²) in [7, 11) is 0. The number of hydrogen-bond donors (Lipinski definition) is 2. The van der Waals surface area contributed by atoms with Gasteiger partial charge in [0.25, 0.3) is 0 Å². The minimum Gasteiger partial charge on any atom is -0.493 e. The second-order valence-corrected chi connectivity index (χ2v) is 5.37. The number of rotatable bonds is 8. The van der Waals surface area contributed by atoms with Gasteiger partial charge in [0.1, 0.15) is 5.75 Å². The van der Waals surface area contributed by atoms with Crippen molar-refractivity contribution in [1.82, 2.24) is 0 Å². The van der Waals surface area contributed by atoms with Crippen LogP contribution in [0.5, 0.6) is 5.75 Å². The Morgan fingerprint density at radius 1 is 1.28 bits per heavy atom. The number of aliphatic hydroxyl groups is 1. The summed E-state index contributed by atoms with van der Waals surface area (Å²) in [6.45, 7) is 2.94. The Morgan fingerprint density at radius 3 is 2.67 bits per heavy atom. The molecule has 0 fully saturated rings. The van der Waals surface area contributed by atoms with Gasteiger partial charge >= 0.3 is 0 Å². The molecule has 1 aromatic rings. The molecule has 0 radical (unpaired) electrons. The van der Waals surface area contributed by atoms with E-state index in [9.17, 15) is 0 Å². The monoisotopic (exact) mass is 315 g/mol. The first kappa shape index (κ1) is 15.5. The van der Waals surface area contributed by atoms with E-state index in [0.717, 1.165) is 41.5 Å². The van der Waals surface area contributed by atoms with Crippen LogP contribution in [0.25, 0.3) is 0 Å². The van der Waals surface area contributed by atoms with Crippen LogP contribution >= 0.6 is 15.9 Å². The van der Waals surface area contributed by atoms with Crippen molar-refractivity contribution in [2.45, 2.75) is 38.6 Å². The number of hydrogen-bond acceptors (Lipinski definition) is 3. The topological polar surface area (TPSA) is 55.5 Å². The maximum atomic E-state index is 8.67. The highest BCUT2D eigenvalue weighted by atomic mass is 79.9. The summed E-state index contributed by atoms with van der Waals surface area (Å²) in [5.74, 6) is 0.871. The number of halogens is 1. The fourth-order valence-electron chi connectivity index (χ4n) is 1.76. The molecule has 0 bridgehead atoms. The number of aliphatic hydroxyl groups excluding tert-OH is 1. The van der Waals surface area contributed by atoms with Crippen molar-refractivity contribution < 1.29 is 9.84 Å². The molecule has 1 atom stereocenters. The lowest BCUT2D eigenvalue weighted by atomic mass is 10.1. The van der Waals surface area contributed by atoms with Gasteiger partial charge in [-0.2, -0.15) is 0 Å². The van der Waals surface area contributed by atoms with Gasteiger partial charge in [-0.1, -0.05) is 22.4 Å². The summed E-state index contributed by atoms with van der Waals surface area (Å²) in [5.41, 5.74) is 6.95. The van der Waals surface area contributed by atoms with E-state index in [-0.39, 0.29) is 12.6 Å². The van der Waals surface area contributed by atoms with Crippen LogP contribution in [0.2, 0.25) is 0 Å². The first-order valence-electron chi connectivity index (χ1n) is 6.44. The molecule has 0 heterocycles. The van der Waals surface area contributed by atoms with Gasteiger partial charge in [-0.15, -0.1) is 0 Å². The van der Waals surface area contributed by atoms with Crippen molar-refractivity contribution in [2.24, 2.45) is 5.73 Å². The molecule has 0 aliphatic rings. The van der Waals surface area contributed by atoms with Crippen molar-refractivity contribution in [2.75, 3.05) is 13.2 Å². The summed E-state index contributed by atoms with van der Waals surface area (Å²) in [5, 5.41) is 8.67. The number of nitrogens with two attached hydrogens (primary N) is 1. The van der Waals surface area contributed by atoms with Crippen LogP contribution in [0.4, 0.5) is 0 Å². The quantitative estimate of drug-likeness (QED) is 0.723. The lowest BCUT2D eigenvalue weighted by molar-refractivity contribution is 0.272. The van der Waals surface area contributed by atoms with Crippen LogP contribution < -0.4 is 10.5 Å². The highest BCUT2D eigenvalue weighted by Gasteiger charge is 2.08. The maximum absolute atomic E-state index is 8.67. The number of unbranched alkanes of at least 4 members (excludes halogenated alkanes) is 3. The van der Waals surface area contributed by atoms with Crippen LogP contribution in [0.3, 0.4) is 0 Å². The average Bonchev–Trinajstić information content (AvgIpc) is 2.35. The van der Waals surface area contributed by atoms with E-state index in [0.29, 0.717) is 6.61 Å². The van der Waals surface area contributed by atoms with Crippen molar-refractivity contribution in [3.63, 3.8) is 0 Å². The zero-order chi connectivity index (χ0) is 13.4. The molecule has 0 saturated carbocycles. The SMILES string of the molecule is C[C@H](N)c1cc(Br)ccc1OCCCCCCO. The zero-order valence-electron chi connectivity index (χ0n) is 10.9. The van der Waals surface area contributed by atoms with Crippen LogP contribution in [-0.2, 0) is 0 Å². The minimum absolute atomic E-state index is 0.0353. The van der Waals surface area contributed by atoms with Crippen LogP contribution in [0, 0.1) is 0 Å². The van der Waals surface area contributed by atoms with Gasteiger partial charge in [-0.05, 0) is 44.4 Å². The summed E-state index contributed by atoms with van der Waals surface area (Å²) in [6, 6.07) is 5.89. The summed E-state index contributed by atoms with van der Waals surface area (Å²) in [4.78, 5) is 0. The summed E-state index contributed by atoms with van der Waals surface area (Å²) < 4.78 is 6.79. The lowest BCUT2D eigenvalue weighted by Gasteiger charge is -2.14. The third kappa shape index (κ3) is 5.38. The van der Waals surface area contributed by atoms with Gasteiger partial charge < -0.3 is 15.6 Å². The lowest BCUT2D eigenvalue weighted by Crippen LogP contribution is -2.08. The summed E-state index contributed by atoms with van der Waals surface area (Å²) >= 11 is 3.44. The molecule has 3 nitrogen and oxygen atoms in total. The van der Waals surface area contributed by atoms with Crippen LogP contribution in [-0.4, -0.2) is 18.3 Å². The van der Waals surface area contributed by atoms with Gasteiger partial charge in [-0.25, -0.2) is 0 Å². The van der Waals surface area contributed by atoms with Crippen molar-refractivity contribution in [3.8, 4) is 5.75 Å². The second kappa shape index (κ2) is 8.51. The molecule has 0 aliphatic heterocycles. The van der Waals surface area contributed by atoms with E-state index in [1.54, 1.807) is 0 Å². The molecule has 0 aliphatic carbocycles. The molecule has 1 aromatic carbocycles. The Labute approximate surface area is 117 Å². The molecule has 0 unspecified atom stereocenters. The highest BCUT2D eigenvalue weighted by molar-refractivity contribution is 9.10. The van der Waals surface area contributed by atoms with E-state index in [4.69, 9.17) is 15.6 Å². The van der Waals surface area contributed by atoms with E-state index in [2.05, 4.69) is 15.9 Å². The fourth-order valence-corrected chi connectivity index (χ4v) is 2.13. The molecule has 0 amide bonds. The Bertz CT molecular complexity index is 356. The fraction of sp³-hybridized carbons (Fsp3) is 0.571. The van der Waals surface area contributed by atoms with Crippen LogP contribution in [0.1, 0.15) is 44.2 Å². The Kier molecular flexibility index (Phi) is 7.32. The third-order valence-electron chi connectivity index (χ3n) is 2.77. The average molecular weight is 316 g/mol. The number of ether oxygens (including phenoxy) is 1. The van der Waals surface area contributed by atoms with Gasteiger partial charge in [0.05, 0.1) is 6.61 Å². The van der Waals surface area contributed by atoms with Gasteiger partial charge in [0.2, 0.25) is 0 Å². The minimum atomic E-state index is -0.0353. The summed E-state index contributed by atoms with van der Waals surface area (Å²) in [6.07, 6.45) is 4.03. The molecule has 4 heteroatoms. The van der Waals surface area contributed by atoms with Gasteiger partial charge in [0.15, 0.2) is 0 Å². The molecule has 3 N–H and O–H groups in total. The molecule has 0 spiro atoms. The zero-order valence-corrected chi connectivity index (χ0v) is 12.4. The van der Waals surface area contributed by atoms with Crippen LogP contribution in [0.15, 0.2) is 22.7 Å². The standard InChI is InChI=1S/C14H22BrNO2/c1-11(16)13-10-12(15)6-7-14(13)18-9-5-3-2-4-8-17/h6-7,10-11,17H,2-5,8-9,16H2,1H3/t11-/m0/s1. The van der Waals surface area contributed by atoms with Crippen molar-refractivity contribution >= 4 is 15.9 Å². The smallest absolute Gasteiger partial charge is 0.124 e. The predicted octanol–water partition coefficient (Wildman–Crippen LogP) is 3.40. The molecule has 102 valence electrons. The predicted molar refractivity (Wildman–Crippen MR) is 77.8 cm³/mol. The molecule has 0 aromatic heterocycles. The largest absolute Gasteiger partial charge is 0.493 e. The van der Waals surface area contributed by atoms with E-state index < -0.39 is 0 Å². The van der Waals surface area contributed by atoms with Gasteiger partial charge in [-0.3, -0.25) is 0 Å². The highest BCUT2D eigenvalue weighted by Crippen LogP contribution is 2.27. The first-order valence-corrected chi connectivity index (χ1v) is 7.23. The third-order valence-corrected chi connectivity index (χ3v) is 3.27. The second-order valence-electron chi connectivity index (χ2n) is 4.46. The molecule has 0 saturated heterocycles. The van der Waals surface area contributed by atoms with Gasteiger partial charge in [0, 0.05) is 22.7 Å². The maximum Gasteiger partial charge on any atom is 0.124 e. The normalized spacial score (nSPS) is 12.4. The Morgan fingerprint density at radius 2 is 2.00 bits per heavy atom. The molecular weight excluding hydrogens is 294 g/mol. The Hall–Kier alpha value is -0.580. The van der Waals surface area contributed by atoms with Crippen molar-refractivity contribution in [1.29, 1.82) is 0 Å². The van der Waals surface area contributed by atoms with Crippen molar-refractivity contribution in [3.05, 3.63) is 28.2 Å². The number of benzene rings is 1. The van der Waals surface area contributed by atoms with E-state index >= 15 is 0 Å². The van der Waals surface area contributed by atoms with E-state index in [1.165, 1.54) is 0 Å². The molecule has 1 rings (SSSR count). The van der Waals surface area contributed by atoms with E-state index in [1.807, 2.05) is 25.1 Å². The molecule has 18 heavy (non-hydrogen) atoms. The molecular formula is C14H22BrNO2.